The molecule has 4 nitrogen and oxygen atoms in total. The van der Waals surface area contributed by atoms with Crippen LogP contribution >= 0.6 is 0 Å². The molecule has 0 heterocycles. The van der Waals surface area contributed by atoms with Crippen molar-refractivity contribution in [3.63, 3.8) is 0 Å². The van der Waals surface area contributed by atoms with E-state index in [2.05, 4.69) is 0 Å². The van der Waals surface area contributed by atoms with E-state index in [0.29, 0.717) is 0 Å². The summed E-state index contributed by atoms with van der Waals surface area (Å²) in [6, 6.07) is -0.899. The molecule has 0 fully saturated rings. The molecule has 0 aliphatic heterocycles. The molecule has 0 bridgehead atoms. The van der Waals surface area contributed by atoms with Crippen molar-refractivity contribution >= 4 is 11.8 Å². The average Bonchev–Trinajstić information content (AvgIpc) is 1.82. The van der Waals surface area contributed by atoms with Crippen LogP contribution < -0.4 is 5.73 Å². The summed E-state index contributed by atoms with van der Waals surface area (Å²) in [5, 5.41) is 8.26. The van der Waals surface area contributed by atoms with Gasteiger partial charge in [0.2, 0.25) is 0 Å². The van der Waals surface area contributed by atoms with E-state index in [-0.39, 0.29) is 18.6 Å². The van der Waals surface area contributed by atoms with Crippen molar-refractivity contribution in [1.82, 2.24) is 0 Å². The van der Waals surface area contributed by atoms with Crippen molar-refractivity contribution in [2.75, 3.05) is 0 Å². The highest BCUT2D eigenvalue weighted by atomic mass is 16.4. The molecule has 0 spiro atoms. The van der Waals surface area contributed by atoms with Gasteiger partial charge in [-0.25, -0.2) is 0 Å². The molecule has 0 saturated carbocycles. The summed E-state index contributed by atoms with van der Waals surface area (Å²) in [5.41, 5.74) is 5.11. The van der Waals surface area contributed by atoms with Crippen LogP contribution in [0, 0.1) is 0 Å². The van der Waals surface area contributed by atoms with Crippen LogP contribution in [0.4, 0.5) is 0 Å². The lowest BCUT2D eigenvalue weighted by Crippen LogP contribution is -2.30. The highest BCUT2D eigenvalue weighted by Crippen LogP contribution is 1.94. The zero-order valence-corrected chi connectivity index (χ0v) is 5.83. The minimum absolute atomic E-state index is 0.0308. The fraction of sp³-hybridized carbons (Fsp3) is 0.667. The van der Waals surface area contributed by atoms with E-state index in [4.69, 9.17) is 10.8 Å². The topological polar surface area (TPSA) is 80.4 Å². The first-order valence-electron chi connectivity index (χ1n) is 3.02. The van der Waals surface area contributed by atoms with Crippen LogP contribution in [-0.4, -0.2) is 22.9 Å². The molecule has 0 unspecified atom stereocenters. The number of nitrogens with two attached hydrogens (primary N) is 1. The maximum atomic E-state index is 10.3. The molecule has 10 heavy (non-hydrogen) atoms. The van der Waals surface area contributed by atoms with Gasteiger partial charge in [-0.2, -0.15) is 0 Å². The average molecular weight is 145 g/mol. The van der Waals surface area contributed by atoms with E-state index in [0.717, 1.165) is 0 Å². The molecule has 0 rings (SSSR count). The molecule has 58 valence electrons. The second kappa shape index (κ2) is 4.00. The van der Waals surface area contributed by atoms with Gasteiger partial charge in [0.05, 0.1) is 0 Å². The smallest absolute Gasteiger partial charge is 0.320 e. The molecule has 0 aliphatic rings. The van der Waals surface area contributed by atoms with E-state index in [1.54, 1.807) is 0 Å². The first-order valence-corrected chi connectivity index (χ1v) is 3.02. The Morgan fingerprint density at radius 2 is 2.10 bits per heavy atom. The Kier molecular flexibility index (Phi) is 3.64. The molecular formula is C6H11NO3. The van der Waals surface area contributed by atoms with Gasteiger partial charge in [0.25, 0.3) is 0 Å². The maximum absolute atomic E-state index is 10.3. The van der Waals surface area contributed by atoms with Gasteiger partial charge in [0.15, 0.2) is 0 Å². The Morgan fingerprint density at radius 1 is 1.60 bits per heavy atom. The lowest BCUT2D eigenvalue weighted by atomic mass is 10.1. The molecule has 0 aromatic heterocycles. The van der Waals surface area contributed by atoms with Crippen LogP contribution in [0.25, 0.3) is 0 Å². The SMILES string of the molecule is CC(=O)CC[C@H](N)C(=O)O. The maximum Gasteiger partial charge on any atom is 0.320 e. The van der Waals surface area contributed by atoms with Gasteiger partial charge in [0, 0.05) is 6.42 Å². The van der Waals surface area contributed by atoms with Gasteiger partial charge in [-0.3, -0.25) is 4.79 Å². The van der Waals surface area contributed by atoms with E-state index < -0.39 is 12.0 Å². The molecule has 0 radical (unpaired) electrons. The predicted molar refractivity (Wildman–Crippen MR) is 35.5 cm³/mol. The molecule has 4 heteroatoms. The number of rotatable bonds is 4. The van der Waals surface area contributed by atoms with Crippen LogP contribution in [0.2, 0.25) is 0 Å². The number of carboxylic acid groups (broad SMARTS) is 1. The van der Waals surface area contributed by atoms with Crippen LogP contribution in [0.3, 0.4) is 0 Å². The summed E-state index contributed by atoms with van der Waals surface area (Å²) in [5.74, 6) is -1.09. The Bertz CT molecular complexity index is 144. The lowest BCUT2D eigenvalue weighted by Gasteiger charge is -2.02. The Labute approximate surface area is 59.0 Å². The zero-order valence-electron chi connectivity index (χ0n) is 5.83. The highest BCUT2D eigenvalue weighted by Gasteiger charge is 2.10. The lowest BCUT2D eigenvalue weighted by molar-refractivity contribution is -0.138. The standard InChI is InChI=1S/C6H11NO3/c1-4(8)2-3-5(7)6(9)10/h5H,2-3,7H2,1H3,(H,9,10)/t5-/m0/s1. The van der Waals surface area contributed by atoms with Crippen molar-refractivity contribution in [3.8, 4) is 0 Å². The number of hydrogen-bond donors (Lipinski definition) is 2. The van der Waals surface area contributed by atoms with Gasteiger partial charge in [0.1, 0.15) is 11.8 Å². The van der Waals surface area contributed by atoms with E-state index in [9.17, 15) is 9.59 Å². The first kappa shape index (κ1) is 9.10. The fourth-order valence-corrected chi connectivity index (χ4v) is 0.482. The van der Waals surface area contributed by atoms with Crippen LogP contribution in [0.1, 0.15) is 19.8 Å². The summed E-state index contributed by atoms with van der Waals surface area (Å²) in [6.45, 7) is 1.41. The van der Waals surface area contributed by atoms with Crippen molar-refractivity contribution in [2.24, 2.45) is 5.73 Å². The summed E-state index contributed by atoms with van der Waals surface area (Å²) < 4.78 is 0. The number of carbonyl (C=O) groups is 2. The third kappa shape index (κ3) is 4.03. The number of ketones is 1. The van der Waals surface area contributed by atoms with E-state index in [1.807, 2.05) is 0 Å². The third-order valence-electron chi connectivity index (χ3n) is 1.12. The molecule has 0 aromatic rings. The quantitative estimate of drug-likeness (QED) is 0.572. The first-order chi connectivity index (χ1) is 4.54. The minimum atomic E-state index is -1.05. The molecule has 1 atom stereocenters. The van der Waals surface area contributed by atoms with Crippen LogP contribution in [0.15, 0.2) is 0 Å². The molecular weight excluding hydrogens is 134 g/mol. The summed E-state index contributed by atoms with van der Waals surface area (Å²) in [4.78, 5) is 20.4. The van der Waals surface area contributed by atoms with Gasteiger partial charge in [-0.05, 0) is 13.3 Å². The molecule has 0 saturated heterocycles. The van der Waals surface area contributed by atoms with Crippen molar-refractivity contribution < 1.29 is 14.7 Å². The van der Waals surface area contributed by atoms with E-state index >= 15 is 0 Å². The third-order valence-corrected chi connectivity index (χ3v) is 1.12. The van der Waals surface area contributed by atoms with Crippen molar-refractivity contribution in [3.05, 3.63) is 0 Å². The summed E-state index contributed by atoms with van der Waals surface area (Å²) in [7, 11) is 0. The normalized spacial score (nSPS) is 12.6. The molecule has 3 N–H and O–H groups in total. The number of hydrogen-bond acceptors (Lipinski definition) is 3. The second-order valence-corrected chi connectivity index (χ2v) is 2.19. The summed E-state index contributed by atoms with van der Waals surface area (Å²) >= 11 is 0. The van der Waals surface area contributed by atoms with E-state index in [1.165, 1.54) is 6.92 Å². The molecule has 0 aromatic carbocycles. The minimum Gasteiger partial charge on any atom is -0.480 e. The van der Waals surface area contributed by atoms with Gasteiger partial charge in [-0.1, -0.05) is 0 Å². The predicted octanol–water partition coefficient (Wildman–Crippen LogP) is -0.232. The van der Waals surface area contributed by atoms with Crippen LogP contribution in [-0.2, 0) is 9.59 Å². The Balaban J connectivity index is 3.49. The fourth-order valence-electron chi connectivity index (χ4n) is 0.482. The van der Waals surface area contributed by atoms with Crippen molar-refractivity contribution in [1.29, 1.82) is 0 Å². The number of Topliss-reactive ketones (excluding diaryl/α,β-unsaturated/α-hetero) is 1. The monoisotopic (exact) mass is 145 g/mol. The Hall–Kier alpha value is -0.900. The molecule has 0 aliphatic carbocycles. The Morgan fingerprint density at radius 3 is 2.40 bits per heavy atom. The molecule has 0 amide bonds. The number of carbonyl (C=O) groups excluding carboxylic acids is 1. The van der Waals surface area contributed by atoms with Crippen molar-refractivity contribution in [2.45, 2.75) is 25.8 Å². The summed E-state index contributed by atoms with van der Waals surface area (Å²) in [6.07, 6.45) is 0.470. The van der Waals surface area contributed by atoms with Crippen LogP contribution in [0.5, 0.6) is 0 Å². The highest BCUT2D eigenvalue weighted by molar-refractivity contribution is 5.77. The zero-order chi connectivity index (χ0) is 8.15. The second-order valence-electron chi connectivity index (χ2n) is 2.19. The van der Waals surface area contributed by atoms with Gasteiger partial charge >= 0.3 is 5.97 Å². The van der Waals surface area contributed by atoms with Gasteiger partial charge < -0.3 is 15.6 Å². The van der Waals surface area contributed by atoms with Gasteiger partial charge in [-0.15, -0.1) is 0 Å². The largest absolute Gasteiger partial charge is 0.480 e. The number of aliphatic carboxylic acids is 1. The number of carboxylic acids is 1.